The predicted molar refractivity (Wildman–Crippen MR) is 77.2 cm³/mol. The molecule has 0 saturated carbocycles. The average molecular weight is 279 g/mol. The minimum Gasteiger partial charge on any atom is -0.409 e. The zero-order valence-corrected chi connectivity index (χ0v) is 12.1. The van der Waals surface area contributed by atoms with Crippen LogP contribution in [0.25, 0.3) is 0 Å². The molecule has 0 unspecified atom stereocenters. The van der Waals surface area contributed by atoms with Gasteiger partial charge in [-0.05, 0) is 48.6 Å². The Morgan fingerprint density at radius 1 is 1.45 bits per heavy atom. The van der Waals surface area contributed by atoms with E-state index in [2.05, 4.69) is 23.9 Å². The second-order valence-electron chi connectivity index (χ2n) is 6.31. The SMILES string of the molecule is CC1(C)CCCN(Cc2cc(F)cc(/C(N)=N/O)c2)C1. The molecule has 1 aromatic carbocycles. The molecule has 0 aliphatic carbocycles. The van der Waals surface area contributed by atoms with Gasteiger partial charge in [0.1, 0.15) is 5.82 Å². The van der Waals surface area contributed by atoms with E-state index in [4.69, 9.17) is 10.9 Å². The summed E-state index contributed by atoms with van der Waals surface area (Å²) < 4.78 is 13.6. The third-order valence-corrected chi connectivity index (χ3v) is 3.75. The molecule has 0 radical (unpaired) electrons. The Morgan fingerprint density at radius 3 is 2.85 bits per heavy atom. The van der Waals surface area contributed by atoms with Crippen LogP contribution in [-0.4, -0.2) is 29.0 Å². The molecule has 0 atom stereocenters. The molecule has 0 amide bonds. The van der Waals surface area contributed by atoms with Crippen molar-refractivity contribution in [2.24, 2.45) is 16.3 Å². The lowest BCUT2D eigenvalue weighted by atomic mass is 9.84. The molecule has 1 aliphatic heterocycles. The number of nitrogens with zero attached hydrogens (tertiary/aromatic N) is 2. The van der Waals surface area contributed by atoms with Crippen LogP contribution >= 0.6 is 0 Å². The fourth-order valence-electron chi connectivity index (χ4n) is 2.89. The van der Waals surface area contributed by atoms with Crippen molar-refractivity contribution in [1.82, 2.24) is 4.90 Å². The normalized spacial score (nSPS) is 20.1. The van der Waals surface area contributed by atoms with Gasteiger partial charge in [-0.15, -0.1) is 0 Å². The van der Waals surface area contributed by atoms with Crippen molar-refractivity contribution in [3.63, 3.8) is 0 Å². The van der Waals surface area contributed by atoms with Gasteiger partial charge in [-0.2, -0.15) is 0 Å². The van der Waals surface area contributed by atoms with Crippen molar-refractivity contribution >= 4 is 5.84 Å². The van der Waals surface area contributed by atoms with Crippen LogP contribution in [0, 0.1) is 11.2 Å². The van der Waals surface area contributed by atoms with Crippen LogP contribution in [0.15, 0.2) is 23.4 Å². The summed E-state index contributed by atoms with van der Waals surface area (Å²) in [4.78, 5) is 2.33. The summed E-state index contributed by atoms with van der Waals surface area (Å²) in [5, 5.41) is 11.6. The monoisotopic (exact) mass is 279 g/mol. The Bertz CT molecular complexity index is 514. The fraction of sp³-hybridized carbons (Fsp3) is 0.533. The van der Waals surface area contributed by atoms with Gasteiger partial charge in [0.25, 0.3) is 0 Å². The van der Waals surface area contributed by atoms with E-state index in [0.717, 1.165) is 25.1 Å². The van der Waals surface area contributed by atoms with Crippen molar-refractivity contribution in [1.29, 1.82) is 0 Å². The van der Waals surface area contributed by atoms with Crippen molar-refractivity contribution in [3.8, 4) is 0 Å². The quantitative estimate of drug-likeness (QED) is 0.387. The van der Waals surface area contributed by atoms with Crippen LogP contribution in [0.4, 0.5) is 4.39 Å². The van der Waals surface area contributed by atoms with Gasteiger partial charge in [0.15, 0.2) is 5.84 Å². The summed E-state index contributed by atoms with van der Waals surface area (Å²) in [5.74, 6) is -0.426. The van der Waals surface area contributed by atoms with E-state index in [1.165, 1.54) is 18.6 Å². The van der Waals surface area contributed by atoms with E-state index in [0.29, 0.717) is 17.5 Å². The molecule has 1 saturated heterocycles. The van der Waals surface area contributed by atoms with Crippen LogP contribution in [0.3, 0.4) is 0 Å². The zero-order valence-electron chi connectivity index (χ0n) is 12.1. The molecule has 1 aliphatic rings. The van der Waals surface area contributed by atoms with Gasteiger partial charge in [-0.3, -0.25) is 4.90 Å². The molecular formula is C15H22FN3O. The Balaban J connectivity index is 2.15. The lowest BCUT2D eigenvalue weighted by Gasteiger charge is -2.38. The molecule has 1 aromatic rings. The smallest absolute Gasteiger partial charge is 0.170 e. The highest BCUT2D eigenvalue weighted by atomic mass is 19.1. The van der Waals surface area contributed by atoms with Crippen molar-refractivity contribution in [2.45, 2.75) is 33.2 Å². The second-order valence-corrected chi connectivity index (χ2v) is 6.31. The molecule has 5 heteroatoms. The first kappa shape index (κ1) is 14.8. The van der Waals surface area contributed by atoms with Crippen LogP contribution in [-0.2, 0) is 6.54 Å². The molecule has 0 spiro atoms. The van der Waals surface area contributed by atoms with Gasteiger partial charge in [0.2, 0.25) is 0 Å². The Kier molecular flexibility index (Phi) is 4.28. The Labute approximate surface area is 119 Å². The largest absolute Gasteiger partial charge is 0.409 e. The number of nitrogens with two attached hydrogens (primary N) is 1. The highest BCUT2D eigenvalue weighted by molar-refractivity contribution is 5.97. The molecule has 3 N–H and O–H groups in total. The number of amidine groups is 1. The van der Waals surface area contributed by atoms with E-state index in [9.17, 15) is 4.39 Å². The van der Waals surface area contributed by atoms with Gasteiger partial charge >= 0.3 is 0 Å². The van der Waals surface area contributed by atoms with Crippen LogP contribution in [0.1, 0.15) is 37.8 Å². The third kappa shape index (κ3) is 3.70. The lowest BCUT2D eigenvalue weighted by Crippen LogP contribution is -2.39. The number of oxime groups is 1. The van der Waals surface area contributed by atoms with Crippen LogP contribution in [0.5, 0.6) is 0 Å². The van der Waals surface area contributed by atoms with E-state index in [-0.39, 0.29) is 11.7 Å². The fourth-order valence-corrected chi connectivity index (χ4v) is 2.89. The lowest BCUT2D eigenvalue weighted by molar-refractivity contribution is 0.111. The van der Waals surface area contributed by atoms with Crippen LogP contribution in [0.2, 0.25) is 0 Å². The van der Waals surface area contributed by atoms with Gasteiger partial charge in [-0.1, -0.05) is 19.0 Å². The van der Waals surface area contributed by atoms with E-state index < -0.39 is 0 Å². The van der Waals surface area contributed by atoms with E-state index in [1.54, 1.807) is 6.07 Å². The summed E-state index contributed by atoms with van der Waals surface area (Å²) in [5.41, 5.74) is 7.10. The van der Waals surface area contributed by atoms with Crippen molar-refractivity contribution in [2.75, 3.05) is 13.1 Å². The minimum absolute atomic E-state index is 0.0651. The molecule has 110 valence electrons. The standard InChI is InChI=1S/C15H22FN3O/c1-15(2)4-3-5-19(10-15)9-11-6-12(14(17)18-20)8-13(16)7-11/h6-8,20H,3-5,9-10H2,1-2H3,(H2,17,18). The van der Waals surface area contributed by atoms with Crippen molar-refractivity contribution in [3.05, 3.63) is 35.1 Å². The predicted octanol–water partition coefficient (Wildman–Crippen LogP) is 2.54. The topological polar surface area (TPSA) is 61.8 Å². The summed E-state index contributed by atoms with van der Waals surface area (Å²) in [6.45, 7) is 7.23. The first-order chi connectivity index (χ1) is 9.39. The van der Waals surface area contributed by atoms with E-state index in [1.807, 2.05) is 0 Å². The summed E-state index contributed by atoms with van der Waals surface area (Å²) in [6, 6.07) is 4.56. The van der Waals surface area contributed by atoms with Gasteiger partial charge in [0, 0.05) is 18.7 Å². The summed E-state index contributed by atoms with van der Waals surface area (Å²) in [6.07, 6.45) is 2.39. The van der Waals surface area contributed by atoms with Gasteiger partial charge in [-0.25, -0.2) is 4.39 Å². The number of halogens is 1. The summed E-state index contributed by atoms with van der Waals surface area (Å²) in [7, 11) is 0. The molecule has 2 rings (SSSR count). The number of hydrogen-bond donors (Lipinski definition) is 2. The highest BCUT2D eigenvalue weighted by Gasteiger charge is 2.26. The summed E-state index contributed by atoms with van der Waals surface area (Å²) >= 11 is 0. The maximum atomic E-state index is 13.6. The number of rotatable bonds is 3. The number of likely N-dealkylation sites (tertiary alicyclic amines) is 1. The second kappa shape index (κ2) is 5.79. The molecule has 0 bridgehead atoms. The Morgan fingerprint density at radius 2 is 2.20 bits per heavy atom. The van der Waals surface area contributed by atoms with E-state index >= 15 is 0 Å². The van der Waals surface area contributed by atoms with Gasteiger partial charge in [0.05, 0.1) is 0 Å². The maximum absolute atomic E-state index is 13.6. The number of piperidine rings is 1. The molecule has 1 fully saturated rings. The third-order valence-electron chi connectivity index (χ3n) is 3.75. The minimum atomic E-state index is -0.361. The van der Waals surface area contributed by atoms with Crippen molar-refractivity contribution < 1.29 is 9.60 Å². The first-order valence-corrected chi connectivity index (χ1v) is 6.89. The molecule has 0 aromatic heterocycles. The average Bonchev–Trinajstić information content (AvgIpc) is 2.35. The van der Waals surface area contributed by atoms with Crippen LogP contribution < -0.4 is 5.73 Å². The number of benzene rings is 1. The Hall–Kier alpha value is -1.62. The molecular weight excluding hydrogens is 257 g/mol. The van der Waals surface area contributed by atoms with Gasteiger partial charge < -0.3 is 10.9 Å². The highest BCUT2D eigenvalue weighted by Crippen LogP contribution is 2.29. The molecule has 1 heterocycles. The number of hydrogen-bond acceptors (Lipinski definition) is 3. The molecule has 4 nitrogen and oxygen atoms in total. The molecule has 20 heavy (non-hydrogen) atoms. The first-order valence-electron chi connectivity index (χ1n) is 6.89. The zero-order chi connectivity index (χ0) is 14.8. The maximum Gasteiger partial charge on any atom is 0.170 e.